The van der Waals surface area contributed by atoms with Crippen LogP contribution in [0.1, 0.15) is 47.4 Å². The molecule has 1 aromatic carbocycles. The van der Waals surface area contributed by atoms with Crippen molar-refractivity contribution >= 4 is 40.4 Å². The number of halogens is 7. The number of esters is 1. The lowest BCUT2D eigenvalue weighted by atomic mass is 9.94. The first-order valence-corrected chi connectivity index (χ1v) is 12.8. The molecule has 1 aliphatic heterocycles. The van der Waals surface area contributed by atoms with Gasteiger partial charge in [0.05, 0.1) is 7.11 Å². The predicted octanol–water partition coefficient (Wildman–Crippen LogP) is 5.35. The van der Waals surface area contributed by atoms with E-state index in [1.54, 1.807) is 18.2 Å². The van der Waals surface area contributed by atoms with Crippen LogP contribution in [0.25, 0.3) is 10.9 Å². The molecule has 222 valence electrons. The normalized spacial score (nSPS) is 15.5. The number of aromatic amines is 1. The second-order valence-electron chi connectivity index (χ2n) is 9.28. The van der Waals surface area contributed by atoms with E-state index in [-0.39, 0.29) is 31.3 Å². The molecule has 1 atom stereocenters. The highest BCUT2D eigenvalue weighted by atomic mass is 35.5. The van der Waals surface area contributed by atoms with E-state index in [2.05, 4.69) is 40.0 Å². The van der Waals surface area contributed by atoms with E-state index in [0.717, 1.165) is 10.9 Å². The average molecular weight is 615 g/mol. The van der Waals surface area contributed by atoms with E-state index >= 15 is 0 Å². The lowest BCUT2D eigenvalue weighted by Crippen LogP contribution is -2.38. The van der Waals surface area contributed by atoms with E-state index in [1.807, 2.05) is 0 Å². The molecule has 3 aromatic heterocycles. The molecule has 0 amide bonds. The summed E-state index contributed by atoms with van der Waals surface area (Å²) in [6.45, 7) is 0.311. The number of fused-ring (bicyclic) bond motifs is 3. The van der Waals surface area contributed by atoms with Crippen molar-refractivity contribution in [3.63, 3.8) is 0 Å². The summed E-state index contributed by atoms with van der Waals surface area (Å²) in [4.78, 5) is 33.7. The molecule has 0 saturated carbocycles. The molecule has 0 unspecified atom stereocenters. The number of rotatable bonds is 7. The highest BCUT2D eigenvalue weighted by Gasteiger charge is 2.43. The first kappa shape index (κ1) is 29.3. The molecular formula is C25H21ClF6N8O2. The van der Waals surface area contributed by atoms with E-state index in [9.17, 15) is 31.1 Å². The maximum absolute atomic E-state index is 13.6. The van der Waals surface area contributed by atoms with Gasteiger partial charge in [0, 0.05) is 59.1 Å². The Kier molecular flexibility index (Phi) is 7.83. The van der Waals surface area contributed by atoms with E-state index in [4.69, 9.17) is 11.6 Å². The van der Waals surface area contributed by atoms with Gasteiger partial charge in [-0.2, -0.15) is 36.3 Å². The molecule has 0 fully saturated rings. The third-order valence-corrected chi connectivity index (χ3v) is 6.77. The van der Waals surface area contributed by atoms with Crippen LogP contribution in [0.4, 0.5) is 38.2 Å². The van der Waals surface area contributed by atoms with Gasteiger partial charge < -0.3 is 19.9 Å². The smallest absolute Gasteiger partial charge is 0.451 e. The van der Waals surface area contributed by atoms with Crippen molar-refractivity contribution in [1.29, 1.82) is 0 Å². The van der Waals surface area contributed by atoms with Crippen LogP contribution in [0.2, 0.25) is 5.02 Å². The van der Waals surface area contributed by atoms with Crippen LogP contribution in [0.15, 0.2) is 30.6 Å². The van der Waals surface area contributed by atoms with Gasteiger partial charge in [-0.25, -0.2) is 15.0 Å². The lowest BCUT2D eigenvalue weighted by Gasteiger charge is -2.36. The van der Waals surface area contributed by atoms with Gasteiger partial charge in [0.1, 0.15) is 6.04 Å². The van der Waals surface area contributed by atoms with Gasteiger partial charge in [0.15, 0.2) is 0 Å². The Hall–Kier alpha value is -4.21. The van der Waals surface area contributed by atoms with Crippen LogP contribution in [0.5, 0.6) is 0 Å². The fourth-order valence-corrected chi connectivity index (χ4v) is 4.85. The highest BCUT2D eigenvalue weighted by Crippen LogP contribution is 2.41. The Bertz CT molecular complexity index is 1580. The fraction of sp³-hybridized carbons (Fsp3) is 0.360. The maximum Gasteiger partial charge on any atom is 0.451 e. The topological polar surface area (TPSA) is 122 Å². The van der Waals surface area contributed by atoms with E-state index < -0.39 is 36.0 Å². The summed E-state index contributed by atoms with van der Waals surface area (Å²) in [7, 11) is 1.28. The SMILES string of the molecule is COC(=O)CCCNc1ncc([C@H]2c3[nH]c4ccc(Cl)cc4c3CCN2c2nc(C(F)(F)F)nc(C(F)(F)F)n2)cn1. The lowest BCUT2D eigenvalue weighted by molar-refractivity contribution is -0.155. The van der Waals surface area contributed by atoms with E-state index in [0.29, 0.717) is 34.8 Å². The molecule has 4 aromatic rings. The number of H-pyrrole nitrogens is 1. The molecule has 1 aliphatic rings. The van der Waals surface area contributed by atoms with Crippen LogP contribution in [0.3, 0.4) is 0 Å². The van der Waals surface area contributed by atoms with Gasteiger partial charge in [0.25, 0.3) is 0 Å². The number of nitrogens with zero attached hydrogens (tertiary/aromatic N) is 6. The number of hydrogen-bond acceptors (Lipinski definition) is 9. The second-order valence-corrected chi connectivity index (χ2v) is 9.71. The van der Waals surface area contributed by atoms with Gasteiger partial charge in [-0.15, -0.1) is 0 Å². The quantitative estimate of drug-likeness (QED) is 0.161. The summed E-state index contributed by atoms with van der Waals surface area (Å²) in [6.07, 6.45) is -6.85. The molecule has 17 heteroatoms. The van der Waals surface area contributed by atoms with Crippen molar-refractivity contribution in [2.24, 2.45) is 0 Å². The van der Waals surface area contributed by atoms with Gasteiger partial charge in [0.2, 0.25) is 23.5 Å². The highest BCUT2D eigenvalue weighted by molar-refractivity contribution is 6.31. The number of aromatic nitrogens is 6. The van der Waals surface area contributed by atoms with Crippen molar-refractivity contribution in [3.05, 3.63) is 64.1 Å². The minimum atomic E-state index is -5.25. The van der Waals surface area contributed by atoms with Crippen molar-refractivity contribution in [2.75, 3.05) is 30.4 Å². The summed E-state index contributed by atoms with van der Waals surface area (Å²) in [5, 5.41) is 4.16. The van der Waals surface area contributed by atoms with Crippen molar-refractivity contribution in [2.45, 2.75) is 37.7 Å². The zero-order chi connectivity index (χ0) is 30.2. The first-order valence-electron chi connectivity index (χ1n) is 12.4. The Morgan fingerprint density at radius 1 is 1.10 bits per heavy atom. The molecule has 0 radical (unpaired) electrons. The molecule has 4 heterocycles. The Balaban J connectivity index is 1.57. The van der Waals surface area contributed by atoms with Gasteiger partial charge in [-0.1, -0.05) is 11.6 Å². The molecule has 42 heavy (non-hydrogen) atoms. The second kappa shape index (κ2) is 11.2. The van der Waals surface area contributed by atoms with Crippen molar-refractivity contribution in [1.82, 2.24) is 29.9 Å². The standard InChI is InChI=1S/C25H21ClF6N8O2/c1-42-17(41)3-2-7-33-22-34-10-12(11-35-22)19-18-14(15-9-13(26)4-5-16(15)36-18)6-8-40(19)23-38-20(24(27,28)29)37-21(39-23)25(30,31)32/h4-5,9-11,19,36H,2-3,6-8H2,1H3,(H,33,34,35)/t19-/m0/s1. The van der Waals surface area contributed by atoms with Gasteiger partial charge in [-0.05, 0) is 36.6 Å². The van der Waals surface area contributed by atoms with Crippen LogP contribution in [-0.2, 0) is 28.3 Å². The summed E-state index contributed by atoms with van der Waals surface area (Å²) in [5.41, 5.74) is 2.28. The molecular weight excluding hydrogens is 594 g/mol. The average Bonchev–Trinajstić information content (AvgIpc) is 3.31. The number of benzene rings is 1. The van der Waals surface area contributed by atoms with E-state index in [1.165, 1.54) is 24.4 Å². The number of carbonyl (C=O) groups excluding carboxylic acids is 1. The van der Waals surface area contributed by atoms with Crippen LogP contribution in [-0.4, -0.2) is 56.1 Å². The maximum atomic E-state index is 13.6. The Labute approximate surface area is 238 Å². The Morgan fingerprint density at radius 3 is 2.38 bits per heavy atom. The number of methoxy groups -OCH3 is 1. The third kappa shape index (κ3) is 6.03. The first-order chi connectivity index (χ1) is 19.8. The summed E-state index contributed by atoms with van der Waals surface area (Å²) < 4.78 is 86.0. The number of carbonyl (C=O) groups is 1. The molecule has 0 spiro atoms. The molecule has 0 saturated heterocycles. The zero-order valence-electron chi connectivity index (χ0n) is 21.6. The van der Waals surface area contributed by atoms with Crippen LogP contribution in [0, 0.1) is 0 Å². The van der Waals surface area contributed by atoms with Crippen molar-refractivity contribution in [3.8, 4) is 0 Å². The molecule has 0 bridgehead atoms. The van der Waals surface area contributed by atoms with Crippen LogP contribution < -0.4 is 10.2 Å². The molecule has 5 rings (SSSR count). The number of nitrogens with one attached hydrogen (secondary N) is 2. The summed E-state index contributed by atoms with van der Waals surface area (Å²) >= 11 is 6.19. The largest absolute Gasteiger partial charge is 0.469 e. The minimum absolute atomic E-state index is 0.0384. The monoisotopic (exact) mass is 614 g/mol. The fourth-order valence-electron chi connectivity index (χ4n) is 4.68. The number of ether oxygens (including phenoxy) is 1. The molecule has 10 nitrogen and oxygen atoms in total. The van der Waals surface area contributed by atoms with Gasteiger partial charge >= 0.3 is 18.3 Å². The molecule has 2 N–H and O–H groups in total. The predicted molar refractivity (Wildman–Crippen MR) is 138 cm³/mol. The van der Waals surface area contributed by atoms with Crippen molar-refractivity contribution < 1.29 is 35.9 Å². The zero-order valence-corrected chi connectivity index (χ0v) is 22.4. The summed E-state index contributed by atoms with van der Waals surface area (Å²) in [6, 6.07) is 4.11. The third-order valence-electron chi connectivity index (χ3n) is 6.53. The number of alkyl halides is 6. The number of hydrogen-bond donors (Lipinski definition) is 2. The number of anilines is 2. The summed E-state index contributed by atoms with van der Waals surface area (Å²) in [5.74, 6) is -4.90. The van der Waals surface area contributed by atoms with Crippen LogP contribution >= 0.6 is 11.6 Å². The Morgan fingerprint density at radius 2 is 1.76 bits per heavy atom. The minimum Gasteiger partial charge on any atom is -0.469 e. The van der Waals surface area contributed by atoms with Gasteiger partial charge in [-0.3, -0.25) is 4.79 Å². The molecule has 0 aliphatic carbocycles.